The molecular weight excluding hydrogens is 1950 g/mol. The summed E-state index contributed by atoms with van der Waals surface area (Å²) in [5.41, 5.74) is 5.21. The van der Waals surface area contributed by atoms with Gasteiger partial charge in [0.15, 0.2) is 17.3 Å². The second-order valence-electron chi connectivity index (χ2n) is 48.7. The van der Waals surface area contributed by atoms with Gasteiger partial charge in [-0.25, -0.2) is 9.36 Å². The van der Waals surface area contributed by atoms with Crippen LogP contribution in [-0.2, 0) is 48.5 Å². The van der Waals surface area contributed by atoms with Gasteiger partial charge in [-0.05, 0) is 472 Å². The van der Waals surface area contributed by atoms with Crippen LogP contribution in [0.2, 0.25) is 20.1 Å². The van der Waals surface area contributed by atoms with Crippen molar-refractivity contribution in [2.24, 2.45) is 164 Å². The first-order valence-electron chi connectivity index (χ1n) is 52.6. The Morgan fingerprint density at radius 2 is 0.691 bits per heavy atom. The summed E-state index contributed by atoms with van der Waals surface area (Å²) >= 11 is 27.5. The monoisotopic (exact) mass is 2100 g/mol. The van der Waals surface area contributed by atoms with Gasteiger partial charge in [0.1, 0.15) is 58.5 Å². The molecule has 746 valence electrons. The number of alkyl halides is 1. The van der Waals surface area contributed by atoms with E-state index in [0.717, 1.165) is 204 Å². The molecule has 0 amide bonds. The van der Waals surface area contributed by atoms with Gasteiger partial charge in [-0.15, -0.1) is 10.2 Å². The van der Waals surface area contributed by atoms with E-state index in [1.54, 1.807) is 38.4 Å². The van der Waals surface area contributed by atoms with Crippen LogP contribution < -0.4 is 108 Å². The molecule has 23 nitrogen and oxygen atoms in total. The number of benzene rings is 4. The summed E-state index contributed by atoms with van der Waals surface area (Å²) in [5, 5.41) is 90.2. The van der Waals surface area contributed by atoms with Crippen molar-refractivity contribution in [1.29, 1.82) is 0 Å². The van der Waals surface area contributed by atoms with E-state index in [0.29, 0.717) is 96.5 Å². The average molecular weight is 2100 g/mol. The third-order valence-corrected chi connectivity index (χ3v) is 42.7. The van der Waals surface area contributed by atoms with E-state index in [9.17, 15) is 39.6 Å². The van der Waals surface area contributed by atoms with Crippen LogP contribution in [-0.4, -0.2) is 138 Å². The Balaban J connectivity index is 0.000000128. The zero-order valence-corrected chi connectivity index (χ0v) is 94.5. The second kappa shape index (κ2) is 43.4. The van der Waals surface area contributed by atoms with Crippen LogP contribution in [0.3, 0.4) is 0 Å². The zero-order valence-electron chi connectivity index (χ0n) is 84.6. The summed E-state index contributed by atoms with van der Waals surface area (Å²) < 4.78 is 3.50. The van der Waals surface area contributed by atoms with E-state index in [1.165, 1.54) is 154 Å². The molecule has 32 atom stereocenters. The fourth-order valence-electron chi connectivity index (χ4n) is 35.2. The van der Waals surface area contributed by atoms with Gasteiger partial charge in [0.05, 0.1) is 38.8 Å². The molecule has 8 aromatic rings. The Morgan fingerprint density at radius 3 is 1.08 bits per heavy atom. The van der Waals surface area contributed by atoms with Crippen LogP contribution in [0, 0.1) is 164 Å². The third kappa shape index (κ3) is 21.8. The number of carbonyl (C=O) groups excluding carboxylic acids is 5. The fourth-order valence-corrected chi connectivity index (χ4v) is 36.3. The molecule has 24 rings (SSSR count). The van der Waals surface area contributed by atoms with E-state index >= 15 is 0 Å². The summed E-state index contributed by atoms with van der Waals surface area (Å²) in [6, 6.07) is 21.9. The van der Waals surface area contributed by atoms with Crippen LogP contribution in [0.1, 0.15) is 288 Å². The van der Waals surface area contributed by atoms with Gasteiger partial charge >= 0.3 is 103 Å². The molecule has 4 aromatic heterocycles. The number of H-pyrrole nitrogens is 1. The molecule has 16 aliphatic carbocycles. The van der Waals surface area contributed by atoms with E-state index in [2.05, 4.69) is 94.7 Å². The number of ketones is 4. The number of nitrogens with one attached hydrogen (secondary N) is 1. The van der Waals surface area contributed by atoms with E-state index in [4.69, 9.17) is 56.5 Å². The Hall–Kier alpha value is -2.66. The number of aromatic amines is 1. The minimum absolute atomic E-state index is 0. The number of hydrogen-bond acceptors (Lipinski definition) is 19. The largest absolute Gasteiger partial charge is 1.00 e. The fraction of sp³-hybridized carbons (Fsp3) is 0.734. The number of hydrogen-bond donors (Lipinski definition) is 5. The molecule has 16 saturated carbocycles. The van der Waals surface area contributed by atoms with Gasteiger partial charge in [0.2, 0.25) is 0 Å². The summed E-state index contributed by atoms with van der Waals surface area (Å²) in [6.07, 6.45) is 41.8. The van der Waals surface area contributed by atoms with Gasteiger partial charge in [0, 0.05) is 43.8 Å². The van der Waals surface area contributed by atoms with Gasteiger partial charge in [-0.2, -0.15) is 30.4 Å². The molecule has 0 spiro atoms. The van der Waals surface area contributed by atoms with Gasteiger partial charge in [-0.3, -0.25) is 24.0 Å². The van der Waals surface area contributed by atoms with E-state index < -0.39 is 22.4 Å². The molecule has 0 unspecified atom stereocenters. The van der Waals surface area contributed by atoms with E-state index in [1.807, 2.05) is 76.2 Å². The van der Waals surface area contributed by atoms with Crippen molar-refractivity contribution in [1.82, 2.24) is 60.4 Å². The summed E-state index contributed by atoms with van der Waals surface area (Å²) in [5.74, 6) is 17.3. The maximum absolute atomic E-state index is 13.6. The molecule has 4 aromatic carbocycles. The normalized spacial score (nSPS) is 40.5. The maximum Gasteiger partial charge on any atom is 1.00 e. The number of rotatable bonds is 12. The Kier molecular flexibility index (Phi) is 33.6. The van der Waals surface area contributed by atoms with E-state index in [-0.39, 0.29) is 163 Å². The van der Waals surface area contributed by atoms with Crippen LogP contribution in [0.4, 0.5) is 0 Å². The summed E-state index contributed by atoms with van der Waals surface area (Å²) in [7, 11) is 0. The first-order chi connectivity index (χ1) is 65.4. The second-order valence-corrected chi connectivity index (χ2v) is 51.0. The van der Waals surface area contributed by atoms with Crippen molar-refractivity contribution in [3.8, 4) is 0 Å². The Labute approximate surface area is 934 Å². The molecular formula is C109H147BrCl4K2N12O11. The number of halogens is 5. The smallest absolute Gasteiger partial charge is 1.00 e. The molecule has 4 heterocycles. The minimum atomic E-state index is -0.461. The molecule has 0 saturated heterocycles. The molecule has 0 bridgehead atoms. The van der Waals surface area contributed by atoms with Crippen molar-refractivity contribution in [2.45, 2.75) is 329 Å². The number of Topliss-reactive ketones (excluding diaryl/α,β-unsaturated/α-hetero) is 4. The topological polar surface area (TPSA) is 332 Å². The van der Waals surface area contributed by atoms with Crippen molar-refractivity contribution in [3.63, 3.8) is 0 Å². The average Bonchev–Trinajstić information content (AvgIpc) is 1.64. The Bertz CT molecular complexity index is 5730. The van der Waals surface area contributed by atoms with Crippen LogP contribution >= 0.6 is 62.3 Å². The molecule has 30 heteroatoms. The van der Waals surface area contributed by atoms with Crippen molar-refractivity contribution in [2.75, 3.05) is 5.33 Å². The first kappa shape index (κ1) is 108. The number of carbonyl (C=O) groups is 5. The first-order valence-corrected chi connectivity index (χ1v) is 55.2. The molecule has 16 aliphatic rings. The number of aliphatic hydroxyl groups is 4. The SMILES string of the molecule is C[C@@]1(O)CC[C@H]2[C@H](CC[C@@H]3[C@@H]2CC[C@]2(C)[C@@H](C(=O)CBr)CC[C@@H]32)C1.C[C@@]1(O)CC[C@H]2[C@H](CC[C@@H]3[C@@H]2CC[C@]2(C)[C@@H](C(=O)Cn4nc5ccc(Cl)cc5n4)CC[C@@H]32)C1.C[C@@]1(O)CC[C@H]2[C@H](CC[C@@H]3[C@@H]2CC[C@]2(C)[C@@H](C(=O)Cn4nnc5cc(Cl)ccc54)CC[C@@H]32)C1.C[C@@]1(O)CC[C@H]2[C@H](CC[C@@H]3[C@@H]2CC[C@]2(C)[C@@H](C(=O)Cn4nnc5ccc(Cl)cc54)CC[C@@H]32)C1.Clc1ccc2n[nH]nc2c1.O=CO[O-].[H-].[K+].[K+]. The van der Waals surface area contributed by atoms with Crippen molar-refractivity contribution >= 4 is 136 Å². The van der Waals surface area contributed by atoms with Gasteiger partial charge in [-0.1, -0.05) is 100 Å². The molecule has 139 heavy (non-hydrogen) atoms. The quantitative estimate of drug-likeness (QED) is 0.0249. The minimum Gasteiger partial charge on any atom is -1.00 e. The van der Waals surface area contributed by atoms with Crippen molar-refractivity contribution in [3.05, 3.63) is 92.9 Å². The van der Waals surface area contributed by atoms with Crippen molar-refractivity contribution < 1.29 is 159 Å². The summed E-state index contributed by atoms with van der Waals surface area (Å²) in [6.45, 7) is 18.5. The number of fused-ring (bicyclic) bond motifs is 24. The maximum atomic E-state index is 13.6. The number of aromatic nitrogens is 12. The number of nitrogens with zero attached hydrogens (tertiary/aromatic N) is 11. The van der Waals surface area contributed by atoms with Crippen LogP contribution in [0.25, 0.3) is 44.1 Å². The molecule has 0 radical (unpaired) electrons. The third-order valence-electron chi connectivity index (χ3n) is 41.2. The summed E-state index contributed by atoms with van der Waals surface area (Å²) in [4.78, 5) is 66.0. The zero-order chi connectivity index (χ0) is 96.4. The van der Waals surface area contributed by atoms with Gasteiger partial charge < -0.3 is 32.0 Å². The standard InChI is InChI=1S/3C27H36ClN3O2.C21H33BrO2.C6H4ClN3.CH2O3.2K.H/c1-26(33)11-9-18-16(14-26)3-5-20-19(18)10-12-27(2)21(20)6-7-22(27)25(32)15-31-24-8-4-17(28)13-23(24)29-30-31;1-26(33)11-9-18-16(14-26)3-5-20-19(18)10-12-27(2)21(20)6-7-22(27)25(32)15-31-24-13-17(28)4-8-23(24)29-30-31;1-26(33)11-9-18-16(14-26)3-5-20-19(18)10-12-27(2)21(20)6-7-22(27)25(32)15-31-29-23-8-4-17(28)13-24(23)30-31;1-20(24)9-7-14-13(11-20)3-4-16-15(14)8-10-21(2)17(16)5-6-18(21)19(23)12-22;7-4-1-2-5-6(3-4)9-10-8-5;2-1-4-3;;;/h3*4,8,13,16,18-22,33H,3,5-7,9-12,14-15H2,1-2H3;13-18,24H,3-12H2,1-2H3;1-3H,(H,8,9,10);1,3H;;;/q;;;;;;2*+1;-1/p-1/t3*16-,18+,19-,20-,21+,22-,26-,27+;13-,14+,15-,16-,17+,18-,20-,21+;;;;;/m1111...../s1. The van der Waals surface area contributed by atoms with Crippen LogP contribution in [0.5, 0.6) is 0 Å². The predicted octanol–water partition coefficient (Wildman–Crippen LogP) is 16.2. The molecule has 5 N–H and O–H groups in total. The molecule has 16 fully saturated rings. The van der Waals surface area contributed by atoms with Crippen LogP contribution in [0.15, 0.2) is 72.8 Å². The van der Waals surface area contributed by atoms with Gasteiger partial charge in [0.25, 0.3) is 6.47 Å². The molecule has 0 aliphatic heterocycles. The predicted molar refractivity (Wildman–Crippen MR) is 533 cm³/mol. The Morgan fingerprint density at radius 1 is 0.381 bits per heavy atom.